The number of carbonyl (C=O) groups is 1. The van der Waals surface area contributed by atoms with Gasteiger partial charge in [0, 0.05) is 54.4 Å². The summed E-state index contributed by atoms with van der Waals surface area (Å²) in [6.45, 7) is 0.736. The quantitative estimate of drug-likeness (QED) is 0.362. The van der Waals surface area contributed by atoms with E-state index in [1.54, 1.807) is 25.1 Å². The minimum atomic E-state index is -0.331. The lowest BCUT2D eigenvalue weighted by Crippen LogP contribution is -2.28. The number of rotatable bonds is 8. The van der Waals surface area contributed by atoms with Crippen molar-refractivity contribution in [3.63, 3.8) is 0 Å². The van der Waals surface area contributed by atoms with Crippen molar-refractivity contribution in [1.29, 1.82) is 0 Å². The molecule has 2 aromatic heterocycles. The third-order valence-electron chi connectivity index (χ3n) is 5.14. The van der Waals surface area contributed by atoms with E-state index in [4.69, 9.17) is 9.26 Å². The Morgan fingerprint density at radius 1 is 1.19 bits per heavy atom. The molecule has 0 aliphatic heterocycles. The van der Waals surface area contributed by atoms with Gasteiger partial charge in [-0.3, -0.25) is 4.79 Å². The molecule has 4 aromatic rings. The number of nitrogens with zero attached hydrogens (tertiary/aromatic N) is 2. The van der Waals surface area contributed by atoms with Crippen molar-refractivity contribution >= 4 is 27.3 Å². The van der Waals surface area contributed by atoms with Gasteiger partial charge in [-0.1, -0.05) is 41.6 Å². The summed E-state index contributed by atoms with van der Waals surface area (Å²) in [6.07, 6.45) is 1.40. The van der Waals surface area contributed by atoms with Crippen molar-refractivity contribution < 1.29 is 18.4 Å². The molecule has 2 heterocycles. The van der Waals surface area contributed by atoms with Crippen LogP contribution in [0.1, 0.15) is 27.4 Å². The molecule has 0 atom stereocenters. The van der Waals surface area contributed by atoms with Crippen LogP contribution in [0, 0.1) is 5.82 Å². The third kappa shape index (κ3) is 4.52. The maximum absolute atomic E-state index is 14.4. The standard InChI is InChI=1S/C24H23FN2O3S/c1-27(13-7-10-17-14-20(26-30-17)16-8-4-3-5-9-16)24(28)23-18(15-29-2)22-19(25)11-6-12-21(22)31-23/h3-6,8-9,11-12,14H,7,10,13,15H2,1-2H3. The van der Waals surface area contributed by atoms with Crippen LogP contribution in [-0.2, 0) is 17.8 Å². The Kier molecular flexibility index (Phi) is 6.44. The first kappa shape index (κ1) is 21.2. The predicted molar refractivity (Wildman–Crippen MR) is 120 cm³/mol. The molecule has 31 heavy (non-hydrogen) atoms. The highest BCUT2D eigenvalue weighted by Crippen LogP contribution is 2.34. The topological polar surface area (TPSA) is 55.6 Å². The van der Waals surface area contributed by atoms with E-state index in [1.807, 2.05) is 42.5 Å². The number of hydrogen-bond donors (Lipinski definition) is 0. The molecule has 4 rings (SSSR count). The molecule has 0 saturated carbocycles. The van der Waals surface area contributed by atoms with E-state index in [-0.39, 0.29) is 18.3 Å². The van der Waals surface area contributed by atoms with Gasteiger partial charge in [0.15, 0.2) is 0 Å². The number of benzene rings is 2. The fourth-order valence-corrected chi connectivity index (χ4v) is 4.78. The zero-order valence-electron chi connectivity index (χ0n) is 17.4. The molecule has 5 nitrogen and oxygen atoms in total. The van der Waals surface area contributed by atoms with Crippen LogP contribution < -0.4 is 0 Å². The first-order valence-electron chi connectivity index (χ1n) is 10.0. The van der Waals surface area contributed by atoms with E-state index in [0.29, 0.717) is 28.8 Å². The Morgan fingerprint density at radius 2 is 2.00 bits per heavy atom. The smallest absolute Gasteiger partial charge is 0.264 e. The summed E-state index contributed by atoms with van der Waals surface area (Å²) >= 11 is 1.31. The number of methoxy groups -OCH3 is 1. The largest absolute Gasteiger partial charge is 0.380 e. The summed E-state index contributed by atoms with van der Waals surface area (Å²) in [5.74, 6) is 0.320. The van der Waals surface area contributed by atoms with Crippen LogP contribution in [0.4, 0.5) is 4.39 Å². The number of aryl methyl sites for hydroxylation is 1. The molecular formula is C24H23FN2O3S. The van der Waals surface area contributed by atoms with E-state index in [9.17, 15) is 9.18 Å². The molecule has 0 saturated heterocycles. The Hall–Kier alpha value is -3.03. The summed E-state index contributed by atoms with van der Waals surface area (Å²) < 4.78 is 25.8. The first-order chi connectivity index (χ1) is 15.1. The normalized spacial score (nSPS) is 11.2. The number of halogens is 1. The summed E-state index contributed by atoms with van der Waals surface area (Å²) in [5, 5.41) is 4.60. The van der Waals surface area contributed by atoms with Gasteiger partial charge in [0.1, 0.15) is 17.3 Å². The van der Waals surface area contributed by atoms with Crippen LogP contribution in [0.15, 0.2) is 59.1 Å². The molecule has 2 aromatic carbocycles. The second-order valence-electron chi connectivity index (χ2n) is 7.33. The van der Waals surface area contributed by atoms with Crippen LogP contribution in [-0.4, -0.2) is 36.7 Å². The summed E-state index contributed by atoms with van der Waals surface area (Å²) in [4.78, 5) is 15.3. The Morgan fingerprint density at radius 3 is 2.77 bits per heavy atom. The van der Waals surface area contributed by atoms with E-state index in [2.05, 4.69) is 5.16 Å². The molecule has 0 bridgehead atoms. The van der Waals surface area contributed by atoms with Gasteiger partial charge in [-0.15, -0.1) is 11.3 Å². The average Bonchev–Trinajstić information content (AvgIpc) is 3.40. The Labute approximate surface area is 184 Å². The molecule has 1 amide bonds. The van der Waals surface area contributed by atoms with Gasteiger partial charge in [-0.25, -0.2) is 4.39 Å². The van der Waals surface area contributed by atoms with Crippen molar-refractivity contribution in [2.24, 2.45) is 0 Å². The first-order valence-corrected chi connectivity index (χ1v) is 10.9. The number of amides is 1. The molecule has 0 unspecified atom stereocenters. The van der Waals surface area contributed by atoms with Crippen LogP contribution in [0.3, 0.4) is 0 Å². The number of carbonyl (C=O) groups excluding carboxylic acids is 1. The third-order valence-corrected chi connectivity index (χ3v) is 6.32. The van der Waals surface area contributed by atoms with Gasteiger partial charge >= 0.3 is 0 Å². The number of ether oxygens (including phenoxy) is 1. The lowest BCUT2D eigenvalue weighted by Gasteiger charge is -2.16. The second-order valence-corrected chi connectivity index (χ2v) is 8.38. The predicted octanol–water partition coefficient (Wildman–Crippen LogP) is 5.55. The van der Waals surface area contributed by atoms with Crippen molar-refractivity contribution in [3.05, 3.63) is 76.6 Å². The van der Waals surface area contributed by atoms with E-state index in [1.165, 1.54) is 17.4 Å². The fraction of sp³-hybridized carbons (Fsp3) is 0.250. The zero-order valence-corrected chi connectivity index (χ0v) is 18.2. The van der Waals surface area contributed by atoms with E-state index < -0.39 is 0 Å². The van der Waals surface area contributed by atoms with Gasteiger partial charge in [0.25, 0.3) is 5.91 Å². The molecular weight excluding hydrogens is 415 g/mol. The molecule has 0 fully saturated rings. The molecule has 0 radical (unpaired) electrons. The number of aromatic nitrogens is 1. The van der Waals surface area contributed by atoms with Crippen molar-refractivity contribution in [2.45, 2.75) is 19.4 Å². The monoisotopic (exact) mass is 438 g/mol. The SMILES string of the molecule is COCc1c(C(=O)N(C)CCCc2cc(-c3ccccc3)no2)sc2cccc(F)c12. The molecule has 0 spiro atoms. The lowest BCUT2D eigenvalue weighted by atomic mass is 10.1. The highest BCUT2D eigenvalue weighted by Gasteiger charge is 2.23. The van der Waals surface area contributed by atoms with Crippen molar-refractivity contribution in [3.8, 4) is 11.3 Å². The number of thiophene rings is 1. The van der Waals surface area contributed by atoms with Crippen LogP contribution in [0.25, 0.3) is 21.3 Å². The highest BCUT2D eigenvalue weighted by molar-refractivity contribution is 7.21. The Bertz CT molecular complexity index is 1190. The summed E-state index contributed by atoms with van der Waals surface area (Å²) in [7, 11) is 3.30. The maximum atomic E-state index is 14.4. The second kappa shape index (κ2) is 9.41. The Balaban J connectivity index is 1.42. The average molecular weight is 439 g/mol. The minimum absolute atomic E-state index is 0.129. The van der Waals surface area contributed by atoms with Gasteiger partial charge in [-0.05, 0) is 18.6 Å². The maximum Gasteiger partial charge on any atom is 0.264 e. The van der Waals surface area contributed by atoms with Crippen LogP contribution in [0.2, 0.25) is 0 Å². The van der Waals surface area contributed by atoms with Gasteiger partial charge in [-0.2, -0.15) is 0 Å². The molecule has 0 aliphatic rings. The fourth-order valence-electron chi connectivity index (χ4n) is 3.56. The van der Waals surface area contributed by atoms with Crippen molar-refractivity contribution in [1.82, 2.24) is 10.1 Å². The van der Waals surface area contributed by atoms with Crippen LogP contribution in [0.5, 0.6) is 0 Å². The molecule has 0 aliphatic carbocycles. The molecule has 160 valence electrons. The van der Waals surface area contributed by atoms with Crippen molar-refractivity contribution in [2.75, 3.05) is 20.7 Å². The van der Waals surface area contributed by atoms with Gasteiger partial charge < -0.3 is 14.2 Å². The molecule has 0 N–H and O–H groups in total. The number of fused-ring (bicyclic) bond motifs is 1. The highest BCUT2D eigenvalue weighted by atomic mass is 32.1. The van der Waals surface area contributed by atoms with E-state index in [0.717, 1.165) is 28.1 Å². The molecule has 7 heteroatoms. The summed E-state index contributed by atoms with van der Waals surface area (Å²) in [5.41, 5.74) is 2.42. The minimum Gasteiger partial charge on any atom is -0.380 e. The summed E-state index contributed by atoms with van der Waals surface area (Å²) in [6, 6.07) is 16.7. The van der Waals surface area contributed by atoms with Gasteiger partial charge in [0.2, 0.25) is 0 Å². The lowest BCUT2D eigenvalue weighted by molar-refractivity contribution is 0.0793. The van der Waals surface area contributed by atoms with Crippen LogP contribution >= 0.6 is 11.3 Å². The van der Waals surface area contributed by atoms with Gasteiger partial charge in [0.05, 0.1) is 11.5 Å². The zero-order chi connectivity index (χ0) is 21.8. The number of hydrogen-bond acceptors (Lipinski definition) is 5. The van der Waals surface area contributed by atoms with E-state index >= 15 is 0 Å².